The molecule has 1 heterocycles. The fraction of sp³-hybridized carbons (Fsp3) is 0.200. The number of esters is 2. The lowest BCUT2D eigenvalue weighted by Gasteiger charge is -2.03. The van der Waals surface area contributed by atoms with Crippen LogP contribution >= 0.6 is 11.3 Å². The zero-order chi connectivity index (χ0) is 11.4. The van der Waals surface area contributed by atoms with Crippen molar-refractivity contribution in [3.05, 3.63) is 28.0 Å². The lowest BCUT2D eigenvalue weighted by atomic mass is 10.2. The predicted molar refractivity (Wildman–Crippen MR) is 57.9 cm³/mol. The maximum atomic E-state index is 11.3. The summed E-state index contributed by atoms with van der Waals surface area (Å²) in [5, 5.41) is 1.85. The molecule has 1 aromatic heterocycles. The van der Waals surface area contributed by atoms with E-state index in [1.165, 1.54) is 25.2 Å². The molecule has 4 nitrogen and oxygen atoms in total. The summed E-state index contributed by atoms with van der Waals surface area (Å²) in [7, 11) is 0. The highest BCUT2D eigenvalue weighted by molar-refractivity contribution is 7.11. The number of hydrogen-bond donors (Lipinski definition) is 1. The Labute approximate surface area is 91.3 Å². The van der Waals surface area contributed by atoms with Crippen LogP contribution in [0.1, 0.15) is 18.7 Å². The van der Waals surface area contributed by atoms with Gasteiger partial charge in [-0.3, -0.25) is 4.79 Å². The van der Waals surface area contributed by atoms with Gasteiger partial charge in [0.2, 0.25) is 0 Å². The Bertz CT molecular complexity index is 406. The van der Waals surface area contributed by atoms with Gasteiger partial charge in [-0.15, -0.1) is 11.3 Å². The van der Waals surface area contributed by atoms with Crippen LogP contribution < -0.4 is 5.73 Å². The van der Waals surface area contributed by atoms with Crippen molar-refractivity contribution in [3.63, 3.8) is 0 Å². The van der Waals surface area contributed by atoms with Gasteiger partial charge in [0.05, 0.1) is 16.1 Å². The Morgan fingerprint density at radius 2 is 2.07 bits per heavy atom. The Kier molecular flexibility index (Phi) is 3.62. The molecule has 0 aliphatic carbocycles. The van der Waals surface area contributed by atoms with E-state index in [9.17, 15) is 9.59 Å². The number of ether oxygens (including phenoxy) is 1. The molecule has 0 amide bonds. The lowest BCUT2D eigenvalue weighted by molar-refractivity contribution is -0.155. The van der Waals surface area contributed by atoms with Crippen molar-refractivity contribution in [1.29, 1.82) is 0 Å². The van der Waals surface area contributed by atoms with E-state index in [0.717, 1.165) is 4.88 Å². The standard InChI is InChI=1S/C10H11NO3S/c1-6(10(13)14-7(2)12)9(11)8-4-3-5-15-8/h3-5H,11H2,1-2H3. The maximum absolute atomic E-state index is 11.3. The summed E-state index contributed by atoms with van der Waals surface area (Å²) in [6.45, 7) is 2.70. The first-order valence-corrected chi connectivity index (χ1v) is 5.13. The monoisotopic (exact) mass is 225 g/mol. The largest absolute Gasteiger partial charge is 0.397 e. The van der Waals surface area contributed by atoms with Crippen molar-refractivity contribution in [2.75, 3.05) is 0 Å². The van der Waals surface area contributed by atoms with E-state index in [1.807, 2.05) is 11.4 Å². The molecular formula is C10H11NO3S. The maximum Gasteiger partial charge on any atom is 0.343 e. The fourth-order valence-corrected chi connectivity index (χ4v) is 1.67. The fourth-order valence-electron chi connectivity index (χ4n) is 0.934. The molecule has 0 spiro atoms. The van der Waals surface area contributed by atoms with E-state index < -0.39 is 11.9 Å². The molecule has 0 fully saturated rings. The van der Waals surface area contributed by atoms with E-state index in [-0.39, 0.29) is 5.57 Å². The van der Waals surface area contributed by atoms with Crippen LogP contribution in [0.2, 0.25) is 0 Å². The zero-order valence-corrected chi connectivity index (χ0v) is 9.26. The summed E-state index contributed by atoms with van der Waals surface area (Å²) in [6, 6.07) is 3.63. The second-order valence-electron chi connectivity index (χ2n) is 2.90. The Morgan fingerprint density at radius 3 is 2.53 bits per heavy atom. The molecule has 0 aromatic carbocycles. The van der Waals surface area contributed by atoms with Crippen molar-refractivity contribution >= 4 is 29.0 Å². The highest BCUT2D eigenvalue weighted by Gasteiger charge is 2.13. The van der Waals surface area contributed by atoms with Crippen molar-refractivity contribution in [1.82, 2.24) is 0 Å². The van der Waals surface area contributed by atoms with Crippen LogP contribution in [-0.2, 0) is 14.3 Å². The molecule has 0 radical (unpaired) electrons. The summed E-state index contributed by atoms with van der Waals surface area (Å²) in [4.78, 5) is 22.7. The van der Waals surface area contributed by atoms with Crippen molar-refractivity contribution in [2.24, 2.45) is 5.73 Å². The topological polar surface area (TPSA) is 69.4 Å². The molecule has 0 atom stereocenters. The first kappa shape index (κ1) is 11.5. The van der Waals surface area contributed by atoms with Gasteiger partial charge >= 0.3 is 11.9 Å². The number of nitrogens with two attached hydrogens (primary N) is 1. The first-order chi connectivity index (χ1) is 7.02. The smallest absolute Gasteiger partial charge is 0.343 e. The summed E-state index contributed by atoms with van der Waals surface area (Å²) < 4.78 is 4.42. The van der Waals surface area contributed by atoms with Crippen molar-refractivity contribution in [2.45, 2.75) is 13.8 Å². The Hall–Kier alpha value is -1.62. The van der Waals surface area contributed by atoms with Gasteiger partial charge in [0.25, 0.3) is 0 Å². The first-order valence-electron chi connectivity index (χ1n) is 4.25. The summed E-state index contributed by atoms with van der Waals surface area (Å²) in [5.74, 6) is -1.34. The highest BCUT2D eigenvalue weighted by atomic mass is 32.1. The van der Waals surface area contributed by atoms with Crippen LogP contribution in [0.4, 0.5) is 0 Å². The predicted octanol–water partition coefficient (Wildman–Crippen LogP) is 1.53. The molecular weight excluding hydrogens is 214 g/mol. The molecule has 1 aromatic rings. The van der Waals surface area contributed by atoms with E-state index in [2.05, 4.69) is 4.74 Å². The molecule has 0 aliphatic heterocycles. The minimum absolute atomic E-state index is 0.243. The summed E-state index contributed by atoms with van der Waals surface area (Å²) in [5.41, 5.74) is 6.32. The molecule has 0 unspecified atom stereocenters. The van der Waals surface area contributed by atoms with Crippen LogP contribution in [0.3, 0.4) is 0 Å². The zero-order valence-electron chi connectivity index (χ0n) is 8.44. The third-order valence-electron chi connectivity index (χ3n) is 1.73. The third-order valence-corrected chi connectivity index (χ3v) is 2.64. The molecule has 0 aliphatic rings. The number of rotatable bonds is 2. The average molecular weight is 225 g/mol. The quantitative estimate of drug-likeness (QED) is 0.470. The van der Waals surface area contributed by atoms with Gasteiger partial charge in [0.1, 0.15) is 0 Å². The number of thiophene rings is 1. The summed E-state index contributed by atoms with van der Waals surface area (Å²) in [6.07, 6.45) is 0. The van der Waals surface area contributed by atoms with Crippen LogP contribution in [0.25, 0.3) is 5.70 Å². The van der Waals surface area contributed by atoms with Gasteiger partial charge in [0, 0.05) is 6.92 Å². The molecule has 5 heteroatoms. The SMILES string of the molecule is CC(=O)OC(=O)C(C)=C(N)c1cccs1. The van der Waals surface area contributed by atoms with Crippen LogP contribution in [-0.4, -0.2) is 11.9 Å². The van der Waals surface area contributed by atoms with Crippen LogP contribution in [0.5, 0.6) is 0 Å². The molecule has 0 saturated heterocycles. The average Bonchev–Trinajstić information content (AvgIpc) is 2.67. The van der Waals surface area contributed by atoms with Gasteiger partial charge < -0.3 is 10.5 Å². The van der Waals surface area contributed by atoms with Crippen LogP contribution in [0, 0.1) is 0 Å². The van der Waals surface area contributed by atoms with Crippen LogP contribution in [0.15, 0.2) is 23.1 Å². The molecule has 2 N–H and O–H groups in total. The van der Waals surface area contributed by atoms with Crippen molar-refractivity contribution < 1.29 is 14.3 Å². The second-order valence-corrected chi connectivity index (χ2v) is 3.84. The Morgan fingerprint density at radius 1 is 1.40 bits per heavy atom. The summed E-state index contributed by atoms with van der Waals surface area (Å²) >= 11 is 1.42. The molecule has 0 bridgehead atoms. The Balaban J connectivity index is 2.90. The number of carbonyl (C=O) groups excluding carboxylic acids is 2. The molecule has 15 heavy (non-hydrogen) atoms. The van der Waals surface area contributed by atoms with Gasteiger partial charge in [-0.25, -0.2) is 4.79 Å². The third kappa shape index (κ3) is 2.92. The number of carbonyl (C=O) groups is 2. The van der Waals surface area contributed by atoms with Gasteiger partial charge in [-0.1, -0.05) is 6.07 Å². The minimum atomic E-state index is -0.701. The van der Waals surface area contributed by atoms with E-state index in [0.29, 0.717) is 5.70 Å². The van der Waals surface area contributed by atoms with E-state index >= 15 is 0 Å². The minimum Gasteiger partial charge on any atom is -0.397 e. The van der Waals surface area contributed by atoms with E-state index in [1.54, 1.807) is 6.07 Å². The lowest BCUT2D eigenvalue weighted by Crippen LogP contribution is -2.13. The second kappa shape index (κ2) is 4.75. The highest BCUT2D eigenvalue weighted by Crippen LogP contribution is 2.19. The van der Waals surface area contributed by atoms with Gasteiger partial charge in [-0.05, 0) is 18.4 Å². The number of hydrogen-bond acceptors (Lipinski definition) is 5. The molecule has 1 rings (SSSR count). The molecule has 80 valence electrons. The van der Waals surface area contributed by atoms with E-state index in [4.69, 9.17) is 5.73 Å². The molecule has 0 saturated carbocycles. The normalized spacial score (nSPS) is 11.9. The van der Waals surface area contributed by atoms with Gasteiger partial charge in [-0.2, -0.15) is 0 Å². The van der Waals surface area contributed by atoms with Gasteiger partial charge in [0.15, 0.2) is 0 Å². The van der Waals surface area contributed by atoms with Crippen molar-refractivity contribution in [3.8, 4) is 0 Å².